The molecule has 2 aromatic carbocycles. The highest BCUT2D eigenvalue weighted by Crippen LogP contribution is 2.21. The van der Waals surface area contributed by atoms with E-state index in [0.29, 0.717) is 11.3 Å². The quantitative estimate of drug-likeness (QED) is 0.774. The molecule has 0 bridgehead atoms. The number of nitrogens with one attached hydrogen (secondary N) is 1. The van der Waals surface area contributed by atoms with Gasteiger partial charge in [0, 0.05) is 12.1 Å². The fraction of sp³-hybridized carbons (Fsp3) is 0.300. The minimum atomic E-state index is -0.951. The molecule has 2 aromatic rings. The third kappa shape index (κ3) is 5.08. The fourth-order valence-corrected chi connectivity index (χ4v) is 2.59. The molecule has 25 heavy (non-hydrogen) atoms. The van der Waals surface area contributed by atoms with Crippen LogP contribution in [-0.4, -0.2) is 30.6 Å². The van der Waals surface area contributed by atoms with E-state index in [1.165, 1.54) is 0 Å². The van der Waals surface area contributed by atoms with E-state index in [9.17, 15) is 14.7 Å². The van der Waals surface area contributed by atoms with Gasteiger partial charge in [0.1, 0.15) is 5.75 Å². The van der Waals surface area contributed by atoms with Crippen molar-refractivity contribution in [3.05, 3.63) is 65.2 Å². The van der Waals surface area contributed by atoms with Crippen molar-refractivity contribution in [1.29, 1.82) is 0 Å². The van der Waals surface area contributed by atoms with Crippen LogP contribution in [0.1, 0.15) is 28.4 Å². The van der Waals surface area contributed by atoms with Crippen LogP contribution in [0.15, 0.2) is 48.5 Å². The number of rotatable bonds is 8. The number of hydrogen-bond donors (Lipinski definition) is 2. The zero-order valence-corrected chi connectivity index (χ0v) is 14.5. The second-order valence-corrected chi connectivity index (χ2v) is 5.81. The molecule has 0 saturated heterocycles. The first kappa shape index (κ1) is 18.5. The van der Waals surface area contributed by atoms with Crippen LogP contribution in [-0.2, 0) is 17.6 Å². The maximum atomic E-state index is 12.2. The summed E-state index contributed by atoms with van der Waals surface area (Å²) < 4.78 is 5.26. The third-order valence-corrected chi connectivity index (χ3v) is 4.14. The molecule has 1 unspecified atom stereocenters. The molecule has 132 valence electrons. The molecule has 0 aromatic heterocycles. The Morgan fingerprint density at radius 1 is 1.12 bits per heavy atom. The van der Waals surface area contributed by atoms with Crippen molar-refractivity contribution in [3.8, 4) is 5.75 Å². The van der Waals surface area contributed by atoms with E-state index in [0.717, 1.165) is 17.5 Å². The van der Waals surface area contributed by atoms with Crippen LogP contribution >= 0.6 is 0 Å². The summed E-state index contributed by atoms with van der Waals surface area (Å²) in [6.45, 7) is 2.10. The van der Waals surface area contributed by atoms with Gasteiger partial charge in [-0.15, -0.1) is 0 Å². The number of aryl methyl sites for hydroxylation is 1. The van der Waals surface area contributed by atoms with Crippen LogP contribution in [0, 0.1) is 5.92 Å². The van der Waals surface area contributed by atoms with Crippen molar-refractivity contribution < 1.29 is 19.4 Å². The molecule has 1 amide bonds. The smallest absolute Gasteiger partial charge is 0.308 e. The monoisotopic (exact) mass is 341 g/mol. The minimum Gasteiger partial charge on any atom is -0.496 e. The first-order chi connectivity index (χ1) is 12.0. The van der Waals surface area contributed by atoms with Gasteiger partial charge in [0.25, 0.3) is 5.91 Å². The summed E-state index contributed by atoms with van der Waals surface area (Å²) in [6, 6.07) is 14.6. The van der Waals surface area contributed by atoms with E-state index >= 15 is 0 Å². The predicted molar refractivity (Wildman–Crippen MR) is 96.0 cm³/mol. The number of para-hydroxylation sites is 1. The van der Waals surface area contributed by atoms with Gasteiger partial charge in [-0.3, -0.25) is 9.59 Å². The number of aliphatic carboxylic acids is 1. The average molecular weight is 341 g/mol. The Bertz CT molecular complexity index is 725. The molecule has 2 rings (SSSR count). The molecule has 0 aliphatic heterocycles. The summed E-state index contributed by atoms with van der Waals surface area (Å²) in [5.41, 5.74) is 2.48. The van der Waals surface area contributed by atoms with Gasteiger partial charge in [-0.05, 0) is 42.2 Å². The highest BCUT2D eigenvalue weighted by atomic mass is 16.5. The van der Waals surface area contributed by atoms with E-state index in [-0.39, 0.29) is 18.9 Å². The van der Waals surface area contributed by atoms with Crippen molar-refractivity contribution >= 4 is 11.9 Å². The number of methoxy groups -OCH3 is 1. The first-order valence-corrected chi connectivity index (χ1v) is 8.27. The second-order valence-electron chi connectivity index (χ2n) is 5.81. The number of benzene rings is 2. The van der Waals surface area contributed by atoms with E-state index < -0.39 is 11.9 Å². The Morgan fingerprint density at radius 2 is 1.80 bits per heavy atom. The maximum absolute atomic E-state index is 12.2. The first-order valence-electron chi connectivity index (χ1n) is 8.27. The standard InChI is InChI=1S/C20H23NO4/c1-3-14-8-10-15(11-9-14)19(22)21-13-17(20(23)24)12-16-6-4-5-7-18(16)25-2/h4-11,17H,3,12-13H2,1-2H3,(H,21,22)(H,23,24). The molecule has 0 aliphatic carbocycles. The Kier molecular flexibility index (Phi) is 6.57. The number of carboxylic acids is 1. The number of carbonyl (C=O) groups excluding carboxylic acids is 1. The lowest BCUT2D eigenvalue weighted by atomic mass is 9.98. The zero-order valence-electron chi connectivity index (χ0n) is 14.5. The Balaban J connectivity index is 2.01. The van der Waals surface area contributed by atoms with Gasteiger partial charge in [-0.2, -0.15) is 0 Å². The van der Waals surface area contributed by atoms with Crippen LogP contribution in [0.5, 0.6) is 5.75 Å². The molecule has 1 atom stereocenters. The Labute approximate surface area is 147 Å². The Morgan fingerprint density at radius 3 is 2.40 bits per heavy atom. The summed E-state index contributed by atoms with van der Waals surface area (Å²) >= 11 is 0. The number of carboxylic acid groups (broad SMARTS) is 1. The molecule has 2 N–H and O–H groups in total. The van der Waals surface area contributed by atoms with Gasteiger partial charge >= 0.3 is 5.97 Å². The van der Waals surface area contributed by atoms with Crippen molar-refractivity contribution in [2.24, 2.45) is 5.92 Å². The summed E-state index contributed by atoms with van der Waals surface area (Å²) in [5.74, 6) is -1.30. The van der Waals surface area contributed by atoms with Gasteiger partial charge in [0.15, 0.2) is 0 Å². The molecule has 0 fully saturated rings. The molecule has 0 aliphatic rings. The molecular weight excluding hydrogens is 318 g/mol. The molecule has 0 heterocycles. The van der Waals surface area contributed by atoms with E-state index in [4.69, 9.17) is 4.74 Å². The van der Waals surface area contributed by atoms with Gasteiger partial charge in [0.05, 0.1) is 13.0 Å². The van der Waals surface area contributed by atoms with Gasteiger partial charge < -0.3 is 15.2 Å². The van der Waals surface area contributed by atoms with E-state index in [2.05, 4.69) is 5.32 Å². The molecule has 0 radical (unpaired) electrons. The van der Waals surface area contributed by atoms with Crippen molar-refractivity contribution in [1.82, 2.24) is 5.32 Å². The van der Waals surface area contributed by atoms with Gasteiger partial charge in [0.2, 0.25) is 0 Å². The lowest BCUT2D eigenvalue weighted by Gasteiger charge is -2.15. The number of amides is 1. The van der Waals surface area contributed by atoms with Crippen LogP contribution in [0.2, 0.25) is 0 Å². The average Bonchev–Trinajstić information content (AvgIpc) is 2.64. The van der Waals surface area contributed by atoms with Crippen molar-refractivity contribution in [2.75, 3.05) is 13.7 Å². The molecule has 0 saturated carbocycles. The lowest BCUT2D eigenvalue weighted by molar-refractivity contribution is -0.141. The lowest BCUT2D eigenvalue weighted by Crippen LogP contribution is -2.34. The number of carbonyl (C=O) groups is 2. The SMILES string of the molecule is CCc1ccc(C(=O)NCC(Cc2ccccc2OC)C(=O)O)cc1. The predicted octanol–water partition coefficient (Wildman–Crippen LogP) is 2.93. The van der Waals surface area contributed by atoms with Crippen LogP contribution in [0.25, 0.3) is 0 Å². The van der Waals surface area contributed by atoms with Crippen LogP contribution in [0.3, 0.4) is 0 Å². The Hall–Kier alpha value is -2.82. The summed E-state index contributed by atoms with van der Waals surface area (Å²) in [6.07, 6.45) is 1.19. The van der Waals surface area contributed by atoms with Crippen LogP contribution in [0.4, 0.5) is 0 Å². The highest BCUT2D eigenvalue weighted by molar-refractivity contribution is 5.94. The molecule has 5 heteroatoms. The normalized spacial score (nSPS) is 11.6. The number of ether oxygens (including phenoxy) is 1. The maximum Gasteiger partial charge on any atom is 0.308 e. The molecular formula is C20H23NO4. The molecule has 5 nitrogen and oxygen atoms in total. The van der Waals surface area contributed by atoms with Gasteiger partial charge in [-0.25, -0.2) is 0 Å². The highest BCUT2D eigenvalue weighted by Gasteiger charge is 2.21. The topological polar surface area (TPSA) is 75.6 Å². The van der Waals surface area contributed by atoms with E-state index in [1.54, 1.807) is 25.3 Å². The van der Waals surface area contributed by atoms with E-state index in [1.807, 2.05) is 37.3 Å². The van der Waals surface area contributed by atoms with Crippen molar-refractivity contribution in [2.45, 2.75) is 19.8 Å². The minimum absolute atomic E-state index is 0.0573. The summed E-state index contributed by atoms with van der Waals surface area (Å²) in [5, 5.41) is 12.2. The second kappa shape index (κ2) is 8.87. The largest absolute Gasteiger partial charge is 0.496 e. The van der Waals surface area contributed by atoms with Crippen molar-refractivity contribution in [3.63, 3.8) is 0 Å². The van der Waals surface area contributed by atoms with Crippen LogP contribution < -0.4 is 10.1 Å². The molecule has 0 spiro atoms. The summed E-state index contributed by atoms with van der Waals surface area (Å²) in [4.78, 5) is 23.8. The third-order valence-electron chi connectivity index (χ3n) is 4.14. The van der Waals surface area contributed by atoms with Gasteiger partial charge in [-0.1, -0.05) is 37.3 Å². The summed E-state index contributed by atoms with van der Waals surface area (Å²) in [7, 11) is 1.55. The fourth-order valence-electron chi connectivity index (χ4n) is 2.59. The number of hydrogen-bond acceptors (Lipinski definition) is 3. The zero-order chi connectivity index (χ0) is 18.2.